The third-order valence-corrected chi connectivity index (χ3v) is 3.63. The maximum absolute atomic E-state index is 11.8. The number of aliphatic carboxylic acids is 1. The Morgan fingerprint density at radius 2 is 2.05 bits per heavy atom. The van der Waals surface area contributed by atoms with Crippen LogP contribution < -0.4 is 4.72 Å². The Morgan fingerprint density at radius 1 is 1.38 bits per heavy atom. The molecule has 0 aliphatic heterocycles. The SMILES string of the molecule is COC(=O)CS(=O)(=O)Nc1cc(C=CC(=O)O)ccc1C. The fourth-order valence-electron chi connectivity index (χ4n) is 1.44. The van der Waals surface area contributed by atoms with Crippen molar-refractivity contribution in [2.24, 2.45) is 0 Å². The molecule has 7 nitrogen and oxygen atoms in total. The number of carbonyl (C=O) groups is 2. The van der Waals surface area contributed by atoms with Crippen LogP contribution >= 0.6 is 0 Å². The van der Waals surface area contributed by atoms with E-state index in [2.05, 4.69) is 9.46 Å². The Balaban J connectivity index is 3.00. The Labute approximate surface area is 122 Å². The van der Waals surface area contributed by atoms with Gasteiger partial charge in [0.25, 0.3) is 0 Å². The van der Waals surface area contributed by atoms with Gasteiger partial charge in [0.1, 0.15) is 0 Å². The highest BCUT2D eigenvalue weighted by Gasteiger charge is 2.17. The molecule has 0 amide bonds. The molecule has 114 valence electrons. The Hall–Kier alpha value is -2.35. The van der Waals surface area contributed by atoms with E-state index in [0.717, 1.165) is 13.2 Å². The molecule has 0 atom stereocenters. The summed E-state index contributed by atoms with van der Waals surface area (Å²) in [6, 6.07) is 4.76. The lowest BCUT2D eigenvalue weighted by atomic mass is 10.1. The first-order valence-electron chi connectivity index (χ1n) is 5.82. The fourth-order valence-corrected chi connectivity index (χ4v) is 2.49. The Kier molecular flexibility index (Phi) is 5.48. The summed E-state index contributed by atoms with van der Waals surface area (Å²) >= 11 is 0. The number of methoxy groups -OCH3 is 1. The third kappa shape index (κ3) is 5.65. The second kappa shape index (κ2) is 6.89. The van der Waals surface area contributed by atoms with E-state index < -0.39 is 27.7 Å². The van der Waals surface area contributed by atoms with Crippen LogP contribution in [0.1, 0.15) is 11.1 Å². The van der Waals surface area contributed by atoms with Crippen LogP contribution in [0.5, 0.6) is 0 Å². The van der Waals surface area contributed by atoms with Crippen LogP contribution in [0.3, 0.4) is 0 Å². The minimum atomic E-state index is -3.88. The molecule has 1 aromatic carbocycles. The van der Waals surface area contributed by atoms with Gasteiger partial charge in [0.15, 0.2) is 5.75 Å². The molecule has 2 N–H and O–H groups in total. The summed E-state index contributed by atoms with van der Waals surface area (Å²) in [5, 5.41) is 8.56. The van der Waals surface area contributed by atoms with Crippen molar-refractivity contribution < 1.29 is 27.9 Å². The van der Waals surface area contributed by atoms with Crippen molar-refractivity contribution in [3.05, 3.63) is 35.4 Å². The van der Waals surface area contributed by atoms with E-state index in [0.29, 0.717) is 11.1 Å². The molecule has 1 rings (SSSR count). The number of ether oxygens (including phenoxy) is 1. The van der Waals surface area contributed by atoms with Crippen molar-refractivity contribution in [3.63, 3.8) is 0 Å². The molecule has 0 bridgehead atoms. The normalized spacial score (nSPS) is 11.3. The topological polar surface area (TPSA) is 110 Å². The summed E-state index contributed by atoms with van der Waals surface area (Å²) in [5.41, 5.74) is 1.42. The Bertz CT molecular complexity index is 678. The van der Waals surface area contributed by atoms with Gasteiger partial charge >= 0.3 is 11.9 Å². The van der Waals surface area contributed by atoms with Crippen LogP contribution in [0.4, 0.5) is 5.69 Å². The van der Waals surface area contributed by atoms with E-state index in [1.165, 1.54) is 12.1 Å². The highest BCUT2D eigenvalue weighted by molar-refractivity contribution is 7.93. The van der Waals surface area contributed by atoms with E-state index >= 15 is 0 Å². The summed E-state index contributed by atoms with van der Waals surface area (Å²) in [5.74, 6) is -2.77. The van der Waals surface area contributed by atoms with Crippen molar-refractivity contribution in [3.8, 4) is 0 Å². The lowest BCUT2D eigenvalue weighted by molar-refractivity contribution is -0.137. The number of hydrogen-bond acceptors (Lipinski definition) is 5. The molecule has 0 aliphatic carbocycles. The number of aryl methyl sites for hydroxylation is 1. The van der Waals surface area contributed by atoms with Gasteiger partial charge in [0, 0.05) is 6.08 Å². The van der Waals surface area contributed by atoms with Gasteiger partial charge in [-0.3, -0.25) is 9.52 Å². The zero-order valence-corrected chi connectivity index (χ0v) is 12.3. The summed E-state index contributed by atoms with van der Waals surface area (Å²) < 4.78 is 30.1. The van der Waals surface area contributed by atoms with Crippen molar-refractivity contribution in [2.75, 3.05) is 17.6 Å². The van der Waals surface area contributed by atoms with Gasteiger partial charge in [-0.2, -0.15) is 0 Å². The first-order chi connectivity index (χ1) is 9.73. The van der Waals surface area contributed by atoms with Crippen molar-refractivity contribution in [1.82, 2.24) is 0 Å². The van der Waals surface area contributed by atoms with Gasteiger partial charge in [-0.1, -0.05) is 12.1 Å². The molecule has 21 heavy (non-hydrogen) atoms. The number of sulfonamides is 1. The summed E-state index contributed by atoms with van der Waals surface area (Å²) in [4.78, 5) is 21.5. The van der Waals surface area contributed by atoms with Crippen LogP contribution in [0.2, 0.25) is 0 Å². The maximum atomic E-state index is 11.8. The first-order valence-corrected chi connectivity index (χ1v) is 7.47. The van der Waals surface area contributed by atoms with Gasteiger partial charge in [-0.15, -0.1) is 0 Å². The van der Waals surface area contributed by atoms with Crippen molar-refractivity contribution >= 4 is 33.7 Å². The molecular weight excluding hydrogens is 298 g/mol. The van der Waals surface area contributed by atoms with Crippen molar-refractivity contribution in [1.29, 1.82) is 0 Å². The molecule has 0 unspecified atom stereocenters. The van der Waals surface area contributed by atoms with Gasteiger partial charge in [0.2, 0.25) is 10.0 Å². The second-order valence-electron chi connectivity index (χ2n) is 4.18. The van der Waals surface area contributed by atoms with Gasteiger partial charge < -0.3 is 9.84 Å². The molecule has 0 spiro atoms. The van der Waals surface area contributed by atoms with Crippen LogP contribution in [0, 0.1) is 6.92 Å². The number of carboxylic acids is 1. The predicted octanol–water partition coefficient (Wildman–Crippen LogP) is 1.01. The molecule has 0 radical (unpaired) electrons. The minimum Gasteiger partial charge on any atom is -0.478 e. The van der Waals surface area contributed by atoms with Crippen LogP contribution in [-0.4, -0.2) is 38.3 Å². The summed E-state index contributed by atoms with van der Waals surface area (Å²) in [6.07, 6.45) is 2.28. The van der Waals surface area contributed by atoms with Gasteiger partial charge in [0.05, 0.1) is 12.8 Å². The minimum absolute atomic E-state index is 0.270. The number of carboxylic acid groups (broad SMARTS) is 1. The van der Waals surface area contributed by atoms with Crippen LogP contribution in [0.25, 0.3) is 6.08 Å². The maximum Gasteiger partial charge on any atom is 0.328 e. The lowest BCUT2D eigenvalue weighted by Gasteiger charge is -2.10. The van der Waals surface area contributed by atoms with Crippen molar-refractivity contribution in [2.45, 2.75) is 6.92 Å². The molecule has 0 heterocycles. The average molecular weight is 313 g/mol. The molecule has 0 saturated carbocycles. The highest BCUT2D eigenvalue weighted by Crippen LogP contribution is 2.19. The first kappa shape index (κ1) is 16.7. The molecule has 0 fully saturated rings. The molecular formula is C13H15NO6S. The van der Waals surface area contributed by atoms with E-state index in [1.54, 1.807) is 19.1 Å². The number of nitrogens with one attached hydrogen (secondary N) is 1. The average Bonchev–Trinajstić information content (AvgIpc) is 2.38. The molecule has 0 saturated heterocycles. The summed E-state index contributed by atoms with van der Waals surface area (Å²) in [6.45, 7) is 1.68. The van der Waals surface area contributed by atoms with E-state index in [1.807, 2.05) is 0 Å². The highest BCUT2D eigenvalue weighted by atomic mass is 32.2. The third-order valence-electron chi connectivity index (χ3n) is 2.48. The number of hydrogen-bond donors (Lipinski definition) is 2. The standard InChI is InChI=1S/C13H15NO6S/c1-9-3-4-10(5-6-12(15)16)7-11(9)14-21(18,19)8-13(17)20-2/h3-7,14H,8H2,1-2H3,(H,15,16). The number of esters is 1. The smallest absolute Gasteiger partial charge is 0.328 e. The van der Waals surface area contributed by atoms with Gasteiger partial charge in [-0.05, 0) is 30.2 Å². The van der Waals surface area contributed by atoms with E-state index in [-0.39, 0.29) is 5.69 Å². The Morgan fingerprint density at radius 3 is 2.62 bits per heavy atom. The molecule has 0 aliphatic rings. The molecule has 8 heteroatoms. The van der Waals surface area contributed by atoms with E-state index in [4.69, 9.17) is 5.11 Å². The fraction of sp³-hybridized carbons (Fsp3) is 0.231. The van der Waals surface area contributed by atoms with E-state index in [9.17, 15) is 18.0 Å². The molecule has 0 aromatic heterocycles. The number of anilines is 1. The lowest BCUT2D eigenvalue weighted by Crippen LogP contribution is -2.24. The van der Waals surface area contributed by atoms with Crippen LogP contribution in [0.15, 0.2) is 24.3 Å². The molecule has 1 aromatic rings. The number of carbonyl (C=O) groups excluding carboxylic acids is 1. The van der Waals surface area contributed by atoms with Gasteiger partial charge in [-0.25, -0.2) is 13.2 Å². The quantitative estimate of drug-likeness (QED) is 0.599. The number of rotatable bonds is 6. The summed E-state index contributed by atoms with van der Waals surface area (Å²) in [7, 11) is -2.78. The second-order valence-corrected chi connectivity index (χ2v) is 5.91. The zero-order valence-electron chi connectivity index (χ0n) is 11.5. The predicted molar refractivity (Wildman–Crippen MR) is 77.3 cm³/mol. The largest absolute Gasteiger partial charge is 0.478 e. The van der Waals surface area contributed by atoms with Crippen LogP contribution in [-0.2, 0) is 24.3 Å². The monoisotopic (exact) mass is 313 g/mol. The number of benzene rings is 1. The zero-order chi connectivity index (χ0) is 16.0.